The largest absolute Gasteiger partial charge is 0.462 e. The number of benzene rings is 2. The minimum atomic E-state index is -4.67. The van der Waals surface area contributed by atoms with Gasteiger partial charge in [-0.25, -0.2) is 9.79 Å². The summed E-state index contributed by atoms with van der Waals surface area (Å²) in [6.45, 7) is 3.51. The van der Waals surface area contributed by atoms with Crippen LogP contribution in [0.3, 0.4) is 0 Å². The molecule has 168 valence electrons. The van der Waals surface area contributed by atoms with E-state index in [-0.39, 0.29) is 23.8 Å². The molecule has 1 N–H and O–H groups in total. The molecule has 2 aromatic rings. The van der Waals surface area contributed by atoms with E-state index in [2.05, 4.69) is 10.3 Å². The quantitative estimate of drug-likeness (QED) is 0.552. The smallest absolute Gasteiger partial charge is 0.431 e. The predicted molar refractivity (Wildman–Crippen MR) is 116 cm³/mol. The van der Waals surface area contributed by atoms with Gasteiger partial charge < -0.3 is 14.8 Å². The van der Waals surface area contributed by atoms with Gasteiger partial charge in [0.25, 0.3) is 0 Å². The lowest BCUT2D eigenvalue weighted by atomic mass is 10.1. The topological polar surface area (TPSA) is 59.9 Å². The average Bonchev–Trinajstić information content (AvgIpc) is 2.75. The van der Waals surface area contributed by atoms with Crippen molar-refractivity contribution in [1.82, 2.24) is 5.32 Å². The first-order valence-electron chi connectivity index (χ1n) is 9.72. The van der Waals surface area contributed by atoms with Gasteiger partial charge in [-0.3, -0.25) is 0 Å². The Bertz CT molecular complexity index is 1060. The Hall–Kier alpha value is -3.26. The number of aliphatic imine (C=N–C) groups is 1. The van der Waals surface area contributed by atoms with Crippen LogP contribution < -0.4 is 10.1 Å². The highest BCUT2D eigenvalue weighted by Crippen LogP contribution is 2.34. The van der Waals surface area contributed by atoms with Gasteiger partial charge in [-0.2, -0.15) is 13.2 Å². The van der Waals surface area contributed by atoms with Crippen molar-refractivity contribution < 1.29 is 27.4 Å². The molecule has 1 heterocycles. The van der Waals surface area contributed by atoms with Gasteiger partial charge in [0.05, 0.1) is 17.7 Å². The number of nitrogens with zero attached hydrogens (tertiary/aromatic N) is 1. The molecular weight excluding hydrogens is 445 g/mol. The Morgan fingerprint density at radius 3 is 2.38 bits per heavy atom. The Labute approximate surface area is 188 Å². The SMILES string of the molecule is C/C=C/C1=C(C(F)(F)F)NC(c2ccc(Cl)cc2)N=C1Oc1ccc(C(=O)OCC)cc1. The minimum Gasteiger partial charge on any atom is -0.462 e. The normalized spacial score (nSPS) is 16.6. The molecule has 0 bridgehead atoms. The summed E-state index contributed by atoms with van der Waals surface area (Å²) in [5, 5.41) is 2.90. The first-order valence-corrected chi connectivity index (χ1v) is 10.1. The predicted octanol–water partition coefficient (Wildman–Crippen LogP) is 5.99. The number of nitrogens with one attached hydrogen (secondary N) is 1. The van der Waals surface area contributed by atoms with Crippen LogP contribution in [-0.4, -0.2) is 24.7 Å². The number of allylic oxidation sites excluding steroid dienone is 2. The van der Waals surface area contributed by atoms with Gasteiger partial charge in [-0.05, 0) is 55.8 Å². The van der Waals surface area contributed by atoms with E-state index >= 15 is 0 Å². The zero-order valence-corrected chi connectivity index (χ0v) is 18.0. The molecule has 5 nitrogen and oxygen atoms in total. The van der Waals surface area contributed by atoms with E-state index in [9.17, 15) is 18.0 Å². The van der Waals surface area contributed by atoms with E-state index in [0.717, 1.165) is 0 Å². The first-order chi connectivity index (χ1) is 15.2. The lowest BCUT2D eigenvalue weighted by molar-refractivity contribution is -0.0986. The zero-order chi connectivity index (χ0) is 23.3. The van der Waals surface area contributed by atoms with Gasteiger partial charge in [0.15, 0.2) is 0 Å². The summed E-state index contributed by atoms with van der Waals surface area (Å²) in [7, 11) is 0. The highest BCUT2D eigenvalue weighted by atomic mass is 35.5. The molecule has 1 atom stereocenters. The Morgan fingerprint density at radius 2 is 1.81 bits per heavy atom. The van der Waals surface area contributed by atoms with Crippen LogP contribution in [0.15, 0.2) is 76.9 Å². The maximum Gasteiger partial charge on any atom is 0.431 e. The molecule has 0 saturated heterocycles. The zero-order valence-electron chi connectivity index (χ0n) is 17.2. The lowest BCUT2D eigenvalue weighted by Gasteiger charge is -2.28. The summed E-state index contributed by atoms with van der Waals surface area (Å²) in [5.41, 5.74) is -0.427. The number of ether oxygens (including phenoxy) is 2. The summed E-state index contributed by atoms with van der Waals surface area (Å²) < 4.78 is 52.2. The Balaban J connectivity index is 2.00. The number of hydrogen-bond acceptors (Lipinski definition) is 5. The molecule has 9 heteroatoms. The number of esters is 1. The fourth-order valence-electron chi connectivity index (χ4n) is 2.97. The molecule has 1 unspecified atom stereocenters. The summed E-state index contributed by atoms with van der Waals surface area (Å²) in [6, 6.07) is 12.2. The van der Waals surface area contributed by atoms with Crippen molar-refractivity contribution in [3.8, 4) is 5.75 Å². The standard InChI is InChI=1S/C23H20ClF3N2O3/c1-3-5-18-19(23(25,26)27)28-20(14-6-10-16(24)11-7-14)29-21(18)32-17-12-8-15(9-13-17)22(30)31-4-2/h3,5-13,20,28H,4H2,1-2H3/b5-3+. The highest BCUT2D eigenvalue weighted by molar-refractivity contribution is 6.30. The third kappa shape index (κ3) is 5.50. The third-order valence-corrected chi connectivity index (χ3v) is 4.66. The average molecular weight is 465 g/mol. The maximum absolute atomic E-state index is 13.9. The van der Waals surface area contributed by atoms with Crippen LogP contribution in [0.2, 0.25) is 5.02 Å². The molecule has 0 aromatic heterocycles. The van der Waals surface area contributed by atoms with Gasteiger partial charge in [0.1, 0.15) is 17.6 Å². The van der Waals surface area contributed by atoms with Crippen LogP contribution in [0, 0.1) is 0 Å². The molecule has 0 radical (unpaired) electrons. The fraction of sp³-hybridized carbons (Fsp3) is 0.217. The van der Waals surface area contributed by atoms with Gasteiger partial charge in [-0.15, -0.1) is 0 Å². The molecule has 0 saturated carbocycles. The number of alkyl halides is 3. The molecule has 1 aliphatic heterocycles. The van der Waals surface area contributed by atoms with Crippen molar-refractivity contribution in [2.24, 2.45) is 4.99 Å². The van der Waals surface area contributed by atoms with E-state index in [4.69, 9.17) is 21.1 Å². The highest BCUT2D eigenvalue weighted by Gasteiger charge is 2.41. The number of carbonyl (C=O) groups is 1. The van der Waals surface area contributed by atoms with E-state index in [0.29, 0.717) is 16.1 Å². The molecule has 1 aliphatic rings. The lowest BCUT2D eigenvalue weighted by Crippen LogP contribution is -2.37. The minimum absolute atomic E-state index is 0.210. The summed E-state index contributed by atoms with van der Waals surface area (Å²) in [5.74, 6) is -0.495. The van der Waals surface area contributed by atoms with Crippen LogP contribution >= 0.6 is 11.6 Å². The van der Waals surface area contributed by atoms with E-state index in [1.165, 1.54) is 36.4 Å². The van der Waals surface area contributed by atoms with E-state index in [1.807, 2.05) is 0 Å². The number of halogens is 4. The Kier molecular flexibility index (Phi) is 7.25. The van der Waals surface area contributed by atoms with Crippen LogP contribution in [0.5, 0.6) is 5.75 Å². The molecule has 0 fully saturated rings. The third-order valence-electron chi connectivity index (χ3n) is 4.41. The summed E-state index contributed by atoms with van der Waals surface area (Å²) in [6.07, 6.45) is -2.96. The van der Waals surface area contributed by atoms with Gasteiger partial charge in [0.2, 0.25) is 5.90 Å². The van der Waals surface area contributed by atoms with Crippen molar-refractivity contribution in [3.63, 3.8) is 0 Å². The summed E-state index contributed by atoms with van der Waals surface area (Å²) in [4.78, 5) is 16.2. The molecule has 0 amide bonds. The van der Waals surface area contributed by atoms with Crippen LogP contribution in [0.4, 0.5) is 13.2 Å². The summed E-state index contributed by atoms with van der Waals surface area (Å²) >= 11 is 5.89. The molecular formula is C23H20ClF3N2O3. The van der Waals surface area contributed by atoms with Crippen LogP contribution in [0.25, 0.3) is 0 Å². The molecule has 2 aromatic carbocycles. The second-order valence-corrected chi connectivity index (χ2v) is 7.10. The van der Waals surface area contributed by atoms with Crippen LogP contribution in [0.1, 0.15) is 35.9 Å². The van der Waals surface area contributed by atoms with Gasteiger partial charge in [0, 0.05) is 5.02 Å². The maximum atomic E-state index is 13.9. The van der Waals surface area contributed by atoms with Crippen molar-refractivity contribution in [3.05, 3.63) is 88.1 Å². The van der Waals surface area contributed by atoms with Gasteiger partial charge in [-0.1, -0.05) is 35.9 Å². The number of carbonyl (C=O) groups excluding carboxylic acids is 1. The van der Waals surface area contributed by atoms with Crippen molar-refractivity contribution in [1.29, 1.82) is 0 Å². The van der Waals surface area contributed by atoms with E-state index < -0.39 is 24.0 Å². The monoisotopic (exact) mass is 464 g/mol. The van der Waals surface area contributed by atoms with Crippen molar-refractivity contribution >= 4 is 23.5 Å². The molecule has 3 rings (SSSR count). The molecule has 32 heavy (non-hydrogen) atoms. The molecule has 0 aliphatic carbocycles. The Morgan fingerprint density at radius 1 is 1.16 bits per heavy atom. The van der Waals surface area contributed by atoms with Crippen LogP contribution in [-0.2, 0) is 4.74 Å². The van der Waals surface area contributed by atoms with E-state index in [1.54, 1.807) is 38.1 Å². The second-order valence-electron chi connectivity index (χ2n) is 6.67. The molecule has 0 spiro atoms. The number of rotatable bonds is 5. The fourth-order valence-corrected chi connectivity index (χ4v) is 3.09. The van der Waals surface area contributed by atoms with Gasteiger partial charge >= 0.3 is 12.1 Å². The van der Waals surface area contributed by atoms with Crippen molar-refractivity contribution in [2.75, 3.05) is 6.61 Å². The van der Waals surface area contributed by atoms with Crippen molar-refractivity contribution in [2.45, 2.75) is 26.2 Å². The first kappa shape index (κ1) is 23.4. The number of hydrogen-bond donors (Lipinski definition) is 1. The second kappa shape index (κ2) is 9.91.